The second kappa shape index (κ2) is 5.27. The minimum atomic E-state index is 0.695. The monoisotopic (exact) mass is 245 g/mol. The first-order valence-electron chi connectivity index (χ1n) is 7.31. The molecule has 1 aromatic heterocycles. The van der Waals surface area contributed by atoms with E-state index in [9.17, 15) is 0 Å². The number of hydrogen-bond acceptors (Lipinski definition) is 2. The van der Waals surface area contributed by atoms with Gasteiger partial charge >= 0.3 is 0 Å². The lowest BCUT2D eigenvalue weighted by molar-refractivity contribution is 0.401. The molecule has 0 spiro atoms. The second-order valence-corrected chi connectivity index (χ2v) is 5.72. The number of nitrogens with zero attached hydrogens (tertiary/aromatic N) is 2. The van der Waals surface area contributed by atoms with Crippen LogP contribution in [-0.2, 0) is 0 Å². The topological polar surface area (TPSA) is 43.8 Å². The molecule has 2 aliphatic carbocycles. The molecule has 0 amide bonds. The van der Waals surface area contributed by atoms with Crippen LogP contribution < -0.4 is 5.73 Å². The van der Waals surface area contributed by atoms with Crippen LogP contribution in [-0.4, -0.2) is 16.1 Å². The molecule has 2 fully saturated rings. The van der Waals surface area contributed by atoms with E-state index in [2.05, 4.69) is 15.6 Å². The van der Waals surface area contributed by atoms with Gasteiger partial charge in [-0.1, -0.05) is 24.8 Å². The van der Waals surface area contributed by atoms with E-state index in [0.29, 0.717) is 18.5 Å². The third kappa shape index (κ3) is 2.51. The summed E-state index contributed by atoms with van der Waals surface area (Å²) >= 11 is 0. The van der Waals surface area contributed by atoms with E-state index in [1.165, 1.54) is 56.2 Å². The lowest BCUT2D eigenvalue weighted by Gasteiger charge is -2.24. The molecule has 1 heterocycles. The van der Waals surface area contributed by atoms with E-state index in [-0.39, 0.29) is 0 Å². The molecular formula is C15H23N3. The summed E-state index contributed by atoms with van der Waals surface area (Å²) in [6.07, 6.45) is 15.6. The molecule has 0 aliphatic heterocycles. The van der Waals surface area contributed by atoms with Crippen LogP contribution in [0.25, 0.3) is 6.08 Å². The predicted octanol–water partition coefficient (Wildman–Crippen LogP) is 3.14. The van der Waals surface area contributed by atoms with Crippen molar-refractivity contribution in [3.05, 3.63) is 23.8 Å². The van der Waals surface area contributed by atoms with Crippen molar-refractivity contribution >= 4 is 6.08 Å². The molecule has 3 heteroatoms. The van der Waals surface area contributed by atoms with Crippen LogP contribution in [0.5, 0.6) is 0 Å². The van der Waals surface area contributed by atoms with Crippen molar-refractivity contribution in [2.24, 2.45) is 11.7 Å². The van der Waals surface area contributed by atoms with Gasteiger partial charge in [-0.3, -0.25) is 0 Å². The van der Waals surface area contributed by atoms with Gasteiger partial charge in [0.25, 0.3) is 0 Å². The zero-order valence-electron chi connectivity index (χ0n) is 11.0. The van der Waals surface area contributed by atoms with Gasteiger partial charge in [-0.05, 0) is 37.7 Å². The third-order valence-electron chi connectivity index (χ3n) is 4.33. The van der Waals surface area contributed by atoms with Crippen LogP contribution in [0, 0.1) is 5.92 Å². The molecule has 2 saturated carbocycles. The fourth-order valence-electron chi connectivity index (χ4n) is 3.09. The average molecular weight is 245 g/mol. The Hall–Kier alpha value is -1.09. The minimum Gasteiger partial charge on any atom is -0.328 e. The highest BCUT2D eigenvalue weighted by atomic mass is 15.1. The fourth-order valence-corrected chi connectivity index (χ4v) is 3.09. The van der Waals surface area contributed by atoms with Gasteiger partial charge in [-0.15, -0.1) is 0 Å². The normalized spacial score (nSPS) is 22.4. The molecule has 0 bridgehead atoms. The SMILES string of the molecule is NCC(=Cc1cncn1C1CC1)C1CCCCC1. The Balaban J connectivity index is 1.80. The van der Waals surface area contributed by atoms with Gasteiger partial charge in [-0.25, -0.2) is 4.98 Å². The van der Waals surface area contributed by atoms with Gasteiger partial charge in [0.1, 0.15) is 0 Å². The van der Waals surface area contributed by atoms with E-state index in [1.54, 1.807) is 0 Å². The first kappa shape index (κ1) is 12.0. The molecular weight excluding hydrogens is 222 g/mol. The van der Waals surface area contributed by atoms with Crippen LogP contribution in [0.1, 0.15) is 56.7 Å². The van der Waals surface area contributed by atoms with Crippen LogP contribution in [0.3, 0.4) is 0 Å². The van der Waals surface area contributed by atoms with E-state index in [0.717, 1.165) is 0 Å². The van der Waals surface area contributed by atoms with Crippen LogP contribution in [0.15, 0.2) is 18.1 Å². The molecule has 98 valence electrons. The predicted molar refractivity (Wildman–Crippen MR) is 74.1 cm³/mol. The number of imidazole rings is 1. The summed E-state index contributed by atoms with van der Waals surface area (Å²) in [5.74, 6) is 0.714. The average Bonchev–Trinajstić information content (AvgIpc) is 3.17. The third-order valence-corrected chi connectivity index (χ3v) is 4.33. The summed E-state index contributed by atoms with van der Waals surface area (Å²) in [6.45, 7) is 0.695. The fraction of sp³-hybridized carbons (Fsp3) is 0.667. The minimum absolute atomic E-state index is 0.695. The summed E-state index contributed by atoms with van der Waals surface area (Å²) in [4.78, 5) is 4.29. The van der Waals surface area contributed by atoms with Gasteiger partial charge in [0.05, 0.1) is 18.2 Å². The summed E-state index contributed by atoms with van der Waals surface area (Å²) in [5.41, 5.74) is 8.65. The van der Waals surface area contributed by atoms with Gasteiger partial charge < -0.3 is 10.3 Å². The van der Waals surface area contributed by atoms with Crippen molar-refractivity contribution in [2.45, 2.75) is 51.0 Å². The molecule has 3 rings (SSSR count). The Morgan fingerprint density at radius 2 is 2.06 bits per heavy atom. The lowest BCUT2D eigenvalue weighted by atomic mass is 9.83. The van der Waals surface area contributed by atoms with Crippen molar-refractivity contribution < 1.29 is 0 Å². The van der Waals surface area contributed by atoms with Crippen LogP contribution >= 0.6 is 0 Å². The smallest absolute Gasteiger partial charge is 0.0953 e. The Morgan fingerprint density at radius 1 is 1.28 bits per heavy atom. The zero-order chi connectivity index (χ0) is 12.4. The number of rotatable bonds is 4. The van der Waals surface area contributed by atoms with Crippen molar-refractivity contribution in [3.63, 3.8) is 0 Å². The molecule has 2 N–H and O–H groups in total. The molecule has 0 radical (unpaired) electrons. The molecule has 3 nitrogen and oxygen atoms in total. The van der Waals surface area contributed by atoms with E-state index in [1.807, 2.05) is 12.5 Å². The molecule has 18 heavy (non-hydrogen) atoms. The first-order valence-corrected chi connectivity index (χ1v) is 7.31. The lowest BCUT2D eigenvalue weighted by Crippen LogP contribution is -2.16. The summed E-state index contributed by atoms with van der Waals surface area (Å²) in [6, 6.07) is 0.698. The Morgan fingerprint density at radius 3 is 2.72 bits per heavy atom. The Labute approximate surface area is 109 Å². The number of hydrogen-bond donors (Lipinski definition) is 1. The summed E-state index contributed by atoms with van der Waals surface area (Å²) < 4.78 is 2.32. The first-order chi connectivity index (χ1) is 8.88. The van der Waals surface area contributed by atoms with E-state index in [4.69, 9.17) is 5.73 Å². The molecule has 0 aromatic carbocycles. The van der Waals surface area contributed by atoms with Crippen molar-refractivity contribution in [2.75, 3.05) is 6.54 Å². The van der Waals surface area contributed by atoms with E-state index >= 15 is 0 Å². The summed E-state index contributed by atoms with van der Waals surface area (Å²) in [7, 11) is 0. The van der Waals surface area contributed by atoms with Crippen LogP contribution in [0.2, 0.25) is 0 Å². The maximum Gasteiger partial charge on any atom is 0.0953 e. The largest absolute Gasteiger partial charge is 0.328 e. The van der Waals surface area contributed by atoms with Crippen molar-refractivity contribution in [1.29, 1.82) is 0 Å². The number of aromatic nitrogens is 2. The number of nitrogens with two attached hydrogens (primary N) is 1. The van der Waals surface area contributed by atoms with Crippen molar-refractivity contribution in [1.82, 2.24) is 9.55 Å². The second-order valence-electron chi connectivity index (χ2n) is 5.72. The quantitative estimate of drug-likeness (QED) is 0.885. The molecule has 0 saturated heterocycles. The standard InChI is InChI=1S/C15H23N3/c16-9-13(12-4-2-1-3-5-12)8-15-10-17-11-18(15)14-6-7-14/h8,10-12,14H,1-7,9,16H2. The van der Waals surface area contributed by atoms with Gasteiger partial charge in [0, 0.05) is 12.6 Å². The highest BCUT2D eigenvalue weighted by Gasteiger charge is 2.25. The van der Waals surface area contributed by atoms with Gasteiger partial charge in [0.15, 0.2) is 0 Å². The maximum absolute atomic E-state index is 5.96. The van der Waals surface area contributed by atoms with E-state index < -0.39 is 0 Å². The highest BCUT2D eigenvalue weighted by molar-refractivity contribution is 5.50. The zero-order valence-corrected chi connectivity index (χ0v) is 11.0. The van der Waals surface area contributed by atoms with Crippen LogP contribution in [0.4, 0.5) is 0 Å². The molecule has 2 aliphatic rings. The molecule has 0 atom stereocenters. The maximum atomic E-state index is 5.96. The highest BCUT2D eigenvalue weighted by Crippen LogP contribution is 2.37. The van der Waals surface area contributed by atoms with Crippen molar-refractivity contribution in [3.8, 4) is 0 Å². The summed E-state index contributed by atoms with van der Waals surface area (Å²) in [5, 5.41) is 0. The van der Waals surface area contributed by atoms with Gasteiger partial charge in [0.2, 0.25) is 0 Å². The molecule has 1 aromatic rings. The van der Waals surface area contributed by atoms with Gasteiger partial charge in [-0.2, -0.15) is 0 Å². The molecule has 0 unspecified atom stereocenters. The Kier molecular flexibility index (Phi) is 3.50. The Bertz CT molecular complexity index is 423.